The molecular formula is C23H23ClN6O3S. The molecule has 4 heterocycles. The Morgan fingerprint density at radius 2 is 2.03 bits per heavy atom. The van der Waals surface area contributed by atoms with Gasteiger partial charge in [0.2, 0.25) is 11.8 Å². The van der Waals surface area contributed by atoms with Crippen LogP contribution in [0.1, 0.15) is 23.3 Å². The van der Waals surface area contributed by atoms with Crippen molar-refractivity contribution < 1.29 is 14.3 Å². The number of likely N-dealkylation sites (tertiary alicyclic amines) is 1. The number of carbonyl (C=O) groups is 2. The fourth-order valence-corrected chi connectivity index (χ4v) is 5.84. The van der Waals surface area contributed by atoms with Gasteiger partial charge in [0.15, 0.2) is 0 Å². The zero-order valence-corrected chi connectivity index (χ0v) is 20.0. The summed E-state index contributed by atoms with van der Waals surface area (Å²) < 4.78 is 7.40. The third-order valence-corrected chi connectivity index (χ3v) is 7.43. The molecule has 2 aliphatic rings. The molecule has 3 N–H and O–H groups in total. The topological polar surface area (TPSA) is 122 Å². The van der Waals surface area contributed by atoms with Crippen LogP contribution in [0.2, 0.25) is 5.02 Å². The lowest BCUT2D eigenvalue weighted by Crippen LogP contribution is -2.29. The van der Waals surface area contributed by atoms with Crippen molar-refractivity contribution in [2.75, 3.05) is 13.1 Å². The van der Waals surface area contributed by atoms with Gasteiger partial charge in [0.1, 0.15) is 17.9 Å². The number of amides is 2. The normalized spacial score (nSPS) is 20.8. The molecule has 2 aliphatic heterocycles. The molecule has 0 saturated carbocycles. The number of fused-ring (bicyclic) bond motifs is 1. The number of rotatable bonds is 6. The number of pyridine rings is 1. The van der Waals surface area contributed by atoms with Crippen molar-refractivity contribution in [2.45, 2.75) is 38.5 Å². The highest BCUT2D eigenvalue weighted by molar-refractivity contribution is 7.19. The lowest BCUT2D eigenvalue weighted by molar-refractivity contribution is -0.138. The van der Waals surface area contributed by atoms with Gasteiger partial charge in [-0.1, -0.05) is 16.8 Å². The van der Waals surface area contributed by atoms with E-state index in [1.807, 2.05) is 31.2 Å². The summed E-state index contributed by atoms with van der Waals surface area (Å²) in [6.45, 7) is 3.47. The predicted octanol–water partition coefficient (Wildman–Crippen LogP) is 3.62. The zero-order chi connectivity index (χ0) is 23.8. The fraction of sp³-hybridized carbons (Fsp3) is 0.348. The number of carbonyl (C=O) groups excluding carboxylic acids is 2. The number of thiophene rings is 1. The number of aryl methyl sites for hydroxylation is 1. The lowest BCUT2D eigenvalue weighted by atomic mass is 10.0. The first kappa shape index (κ1) is 22.7. The van der Waals surface area contributed by atoms with E-state index in [1.54, 1.807) is 6.20 Å². The molecule has 9 nitrogen and oxygen atoms in total. The Morgan fingerprint density at radius 1 is 1.24 bits per heavy atom. The largest absolute Gasteiger partial charge is 0.486 e. The molecule has 5 rings (SSSR count). The van der Waals surface area contributed by atoms with Crippen molar-refractivity contribution in [2.24, 2.45) is 16.2 Å². The molecule has 34 heavy (non-hydrogen) atoms. The van der Waals surface area contributed by atoms with Gasteiger partial charge in [0.25, 0.3) is 0 Å². The maximum Gasteiger partial charge on any atom is 0.230 e. The van der Waals surface area contributed by atoms with E-state index in [1.165, 1.54) is 16.2 Å². The van der Waals surface area contributed by atoms with Crippen molar-refractivity contribution in [3.05, 3.63) is 45.9 Å². The third kappa shape index (κ3) is 4.24. The summed E-state index contributed by atoms with van der Waals surface area (Å²) in [5, 5.41) is 11.4. The number of nitrogens with one attached hydrogen (secondary N) is 1. The van der Waals surface area contributed by atoms with Crippen LogP contribution in [0.25, 0.3) is 21.3 Å². The second-order valence-electron chi connectivity index (χ2n) is 8.37. The van der Waals surface area contributed by atoms with Crippen LogP contribution in [0.4, 0.5) is 0 Å². The van der Waals surface area contributed by atoms with E-state index in [-0.39, 0.29) is 43.3 Å². The maximum absolute atomic E-state index is 12.1. The average molecular weight is 499 g/mol. The SMILES string of the molecule is Cc1cc(Cl)cc(-c2ccnc3cc(CN4C(=O)CCC4=O)sc23)c1O[C@@H]1CNC[C@@H]1N=NN. The second-order valence-corrected chi connectivity index (χ2v) is 9.94. The maximum atomic E-state index is 12.1. The number of imide groups is 1. The average Bonchev–Trinajstić information content (AvgIpc) is 3.51. The molecule has 3 aromatic rings. The van der Waals surface area contributed by atoms with Crippen molar-refractivity contribution in [3.8, 4) is 16.9 Å². The number of nitrogens with zero attached hydrogens (tertiary/aromatic N) is 4. The molecule has 2 saturated heterocycles. The van der Waals surface area contributed by atoms with Gasteiger partial charge in [0, 0.05) is 53.2 Å². The van der Waals surface area contributed by atoms with Crippen molar-refractivity contribution in [3.63, 3.8) is 0 Å². The van der Waals surface area contributed by atoms with Crippen molar-refractivity contribution in [1.29, 1.82) is 0 Å². The van der Waals surface area contributed by atoms with Gasteiger partial charge in [-0.05, 0) is 36.8 Å². The molecule has 2 fully saturated rings. The van der Waals surface area contributed by atoms with Gasteiger partial charge < -0.3 is 15.9 Å². The molecular weight excluding hydrogens is 476 g/mol. The van der Waals surface area contributed by atoms with E-state index in [9.17, 15) is 9.59 Å². The molecule has 176 valence electrons. The van der Waals surface area contributed by atoms with Crippen LogP contribution in [0, 0.1) is 6.92 Å². The summed E-state index contributed by atoms with van der Waals surface area (Å²) in [6, 6.07) is 7.42. The zero-order valence-electron chi connectivity index (χ0n) is 18.5. The molecule has 2 atom stereocenters. The summed E-state index contributed by atoms with van der Waals surface area (Å²) in [7, 11) is 0. The van der Waals surface area contributed by atoms with E-state index in [2.05, 4.69) is 20.6 Å². The van der Waals surface area contributed by atoms with Crippen LogP contribution in [0.3, 0.4) is 0 Å². The Labute approximate surface area is 204 Å². The van der Waals surface area contributed by atoms with Gasteiger partial charge in [-0.2, -0.15) is 5.11 Å². The van der Waals surface area contributed by atoms with E-state index in [4.69, 9.17) is 22.2 Å². The first-order chi connectivity index (χ1) is 16.4. The lowest BCUT2D eigenvalue weighted by Gasteiger charge is -2.21. The van der Waals surface area contributed by atoms with E-state index < -0.39 is 0 Å². The molecule has 0 spiro atoms. The minimum atomic E-state index is -0.227. The molecule has 0 unspecified atom stereocenters. The number of nitrogens with two attached hydrogens (primary N) is 1. The highest BCUT2D eigenvalue weighted by atomic mass is 35.5. The first-order valence-electron chi connectivity index (χ1n) is 10.9. The van der Waals surface area contributed by atoms with Crippen LogP contribution < -0.4 is 15.9 Å². The van der Waals surface area contributed by atoms with Crippen molar-refractivity contribution in [1.82, 2.24) is 15.2 Å². The Morgan fingerprint density at radius 3 is 2.79 bits per heavy atom. The smallest absolute Gasteiger partial charge is 0.230 e. The highest BCUT2D eigenvalue weighted by Crippen LogP contribution is 2.42. The molecule has 0 bridgehead atoms. The molecule has 1 aromatic carbocycles. The Bertz CT molecular complexity index is 1290. The number of halogens is 1. The molecule has 0 aliphatic carbocycles. The van der Waals surface area contributed by atoms with Gasteiger partial charge in [0.05, 0.1) is 16.8 Å². The standard InChI is InChI=1S/C23H23ClN6O3S/c1-12-6-13(24)7-16(22(12)33-19-10-26-9-18(19)28-29-25)15-4-5-27-17-8-14(34-23(15)17)11-30-20(31)2-3-21(30)32/h4-8,18-19,26H,2-3,9-11H2,1H3,(H2,25,28)/t18-,19+/m0/s1. The summed E-state index contributed by atoms with van der Waals surface area (Å²) in [6.07, 6.45) is 2.06. The summed E-state index contributed by atoms with van der Waals surface area (Å²) >= 11 is 7.97. The summed E-state index contributed by atoms with van der Waals surface area (Å²) in [5.41, 5.74) is 3.45. The van der Waals surface area contributed by atoms with Gasteiger partial charge in [-0.15, -0.1) is 11.3 Å². The molecule has 2 amide bonds. The van der Waals surface area contributed by atoms with Crippen LogP contribution in [0.5, 0.6) is 5.75 Å². The van der Waals surface area contributed by atoms with E-state index >= 15 is 0 Å². The number of hydrogen-bond donors (Lipinski definition) is 2. The Balaban J connectivity index is 1.55. The van der Waals surface area contributed by atoms with Gasteiger partial charge in [-0.3, -0.25) is 19.5 Å². The Kier molecular flexibility index (Phi) is 6.20. The number of benzene rings is 1. The summed E-state index contributed by atoms with van der Waals surface area (Å²) in [4.78, 5) is 30.9. The second kappa shape index (κ2) is 9.28. The molecule has 0 radical (unpaired) electrons. The minimum absolute atomic E-state index is 0.133. The predicted molar refractivity (Wildman–Crippen MR) is 130 cm³/mol. The molecule has 11 heteroatoms. The van der Waals surface area contributed by atoms with Crippen LogP contribution >= 0.6 is 22.9 Å². The first-order valence-corrected chi connectivity index (χ1v) is 12.1. The number of ether oxygens (including phenoxy) is 1. The number of aromatic nitrogens is 1. The van der Waals surface area contributed by atoms with Crippen LogP contribution in [-0.4, -0.2) is 46.9 Å². The van der Waals surface area contributed by atoms with Crippen LogP contribution in [-0.2, 0) is 16.1 Å². The summed E-state index contributed by atoms with van der Waals surface area (Å²) in [5.74, 6) is 5.73. The molecule has 2 aromatic heterocycles. The quantitative estimate of drug-likeness (QED) is 0.231. The fourth-order valence-electron chi connectivity index (χ4n) is 4.43. The number of hydrogen-bond acceptors (Lipinski definition) is 8. The Hall–Kier alpha value is -3.08. The van der Waals surface area contributed by atoms with E-state index in [0.717, 1.165) is 31.8 Å². The van der Waals surface area contributed by atoms with Crippen LogP contribution in [0.15, 0.2) is 40.8 Å². The highest BCUT2D eigenvalue weighted by Gasteiger charge is 2.31. The minimum Gasteiger partial charge on any atom is -0.486 e. The monoisotopic (exact) mass is 498 g/mol. The van der Waals surface area contributed by atoms with E-state index in [0.29, 0.717) is 23.9 Å². The van der Waals surface area contributed by atoms with Gasteiger partial charge >= 0.3 is 0 Å². The van der Waals surface area contributed by atoms with Gasteiger partial charge in [-0.25, -0.2) is 0 Å². The third-order valence-electron chi connectivity index (χ3n) is 6.07. The van der Waals surface area contributed by atoms with Crippen molar-refractivity contribution >= 4 is 45.0 Å².